The first kappa shape index (κ1) is 12.8. The first-order chi connectivity index (χ1) is 9.78. The highest BCUT2D eigenvalue weighted by molar-refractivity contribution is 5.76. The second-order valence-electron chi connectivity index (χ2n) is 5.34. The van der Waals surface area contributed by atoms with E-state index in [2.05, 4.69) is 39.9 Å². The topological polar surface area (TPSA) is 59.8 Å². The molecule has 1 aromatic carbocycles. The van der Waals surface area contributed by atoms with Gasteiger partial charge in [-0.25, -0.2) is 0 Å². The zero-order valence-electron chi connectivity index (χ0n) is 11.3. The van der Waals surface area contributed by atoms with E-state index >= 15 is 0 Å². The van der Waals surface area contributed by atoms with Crippen LogP contribution in [0.25, 0.3) is 0 Å². The molecule has 5 heteroatoms. The standard InChI is InChI=1S/C15H18N4O/c20-14(6-10-19-11-9-17-18-19)16-12-15(7-8-15)13-4-2-1-3-5-13/h1-5,9,11H,6-8,10,12H2,(H,16,20). The Bertz CT molecular complexity index is 561. The van der Waals surface area contributed by atoms with Gasteiger partial charge in [0.15, 0.2) is 0 Å². The van der Waals surface area contributed by atoms with Gasteiger partial charge in [-0.3, -0.25) is 9.48 Å². The molecule has 1 aliphatic rings. The van der Waals surface area contributed by atoms with Gasteiger partial charge in [0.25, 0.3) is 0 Å². The Hall–Kier alpha value is -2.17. The number of nitrogens with zero attached hydrogens (tertiary/aromatic N) is 3. The van der Waals surface area contributed by atoms with Gasteiger partial charge in [-0.2, -0.15) is 0 Å². The highest BCUT2D eigenvalue weighted by Gasteiger charge is 2.44. The van der Waals surface area contributed by atoms with E-state index in [-0.39, 0.29) is 11.3 Å². The van der Waals surface area contributed by atoms with Crippen LogP contribution in [0.1, 0.15) is 24.8 Å². The van der Waals surface area contributed by atoms with Crippen LogP contribution in [-0.2, 0) is 16.8 Å². The van der Waals surface area contributed by atoms with Crippen LogP contribution in [0.15, 0.2) is 42.7 Å². The molecule has 0 saturated heterocycles. The highest BCUT2D eigenvalue weighted by Crippen LogP contribution is 2.47. The first-order valence-corrected chi connectivity index (χ1v) is 6.95. The van der Waals surface area contributed by atoms with Crippen molar-refractivity contribution in [1.82, 2.24) is 20.3 Å². The molecule has 1 heterocycles. The smallest absolute Gasteiger partial charge is 0.221 e. The first-order valence-electron chi connectivity index (χ1n) is 6.95. The minimum atomic E-state index is 0.0720. The highest BCUT2D eigenvalue weighted by atomic mass is 16.1. The molecule has 0 spiro atoms. The lowest BCUT2D eigenvalue weighted by atomic mass is 9.96. The predicted molar refractivity (Wildman–Crippen MR) is 75.0 cm³/mol. The summed E-state index contributed by atoms with van der Waals surface area (Å²) in [4.78, 5) is 11.9. The Balaban J connectivity index is 1.48. The van der Waals surface area contributed by atoms with Gasteiger partial charge < -0.3 is 5.32 Å². The predicted octanol–water partition coefficient (Wildman–Crippen LogP) is 1.52. The second-order valence-corrected chi connectivity index (χ2v) is 5.34. The maximum atomic E-state index is 11.9. The summed E-state index contributed by atoms with van der Waals surface area (Å²) in [7, 11) is 0. The van der Waals surface area contributed by atoms with Crippen molar-refractivity contribution in [3.63, 3.8) is 0 Å². The molecule has 1 aromatic heterocycles. The summed E-state index contributed by atoms with van der Waals surface area (Å²) in [5, 5.41) is 10.6. The number of aryl methyl sites for hydroxylation is 1. The van der Waals surface area contributed by atoms with Crippen molar-refractivity contribution in [2.45, 2.75) is 31.2 Å². The number of nitrogens with one attached hydrogen (secondary N) is 1. The number of benzene rings is 1. The quantitative estimate of drug-likeness (QED) is 0.865. The molecular formula is C15H18N4O. The van der Waals surface area contributed by atoms with Crippen molar-refractivity contribution >= 4 is 5.91 Å². The fourth-order valence-electron chi connectivity index (χ4n) is 2.43. The molecule has 5 nitrogen and oxygen atoms in total. The van der Waals surface area contributed by atoms with Crippen LogP contribution in [0.2, 0.25) is 0 Å². The molecule has 1 fully saturated rings. The van der Waals surface area contributed by atoms with Crippen molar-refractivity contribution in [3.05, 3.63) is 48.3 Å². The average Bonchev–Trinajstić information content (AvgIpc) is 3.11. The lowest BCUT2D eigenvalue weighted by Crippen LogP contribution is -2.32. The van der Waals surface area contributed by atoms with E-state index in [1.54, 1.807) is 17.1 Å². The van der Waals surface area contributed by atoms with Gasteiger partial charge in [-0.05, 0) is 18.4 Å². The summed E-state index contributed by atoms with van der Waals surface area (Å²) < 4.78 is 1.67. The third kappa shape index (κ3) is 2.87. The zero-order chi connectivity index (χ0) is 13.8. The molecule has 1 amide bonds. The average molecular weight is 270 g/mol. The maximum Gasteiger partial charge on any atom is 0.221 e. The van der Waals surface area contributed by atoms with Crippen LogP contribution in [0.3, 0.4) is 0 Å². The van der Waals surface area contributed by atoms with Gasteiger partial charge in [0.1, 0.15) is 0 Å². The number of amides is 1. The van der Waals surface area contributed by atoms with Gasteiger partial charge >= 0.3 is 0 Å². The largest absolute Gasteiger partial charge is 0.355 e. The Morgan fingerprint density at radius 1 is 1.30 bits per heavy atom. The van der Waals surface area contributed by atoms with Gasteiger partial charge in [0, 0.05) is 24.6 Å². The summed E-state index contributed by atoms with van der Waals surface area (Å²) in [6, 6.07) is 10.4. The Kier molecular flexibility index (Phi) is 3.50. The van der Waals surface area contributed by atoms with Crippen molar-refractivity contribution in [2.24, 2.45) is 0 Å². The molecule has 1 saturated carbocycles. The van der Waals surface area contributed by atoms with Gasteiger partial charge in [-0.15, -0.1) is 5.10 Å². The van der Waals surface area contributed by atoms with Crippen molar-refractivity contribution in [3.8, 4) is 0 Å². The Labute approximate surface area is 118 Å². The summed E-state index contributed by atoms with van der Waals surface area (Å²) in [5.74, 6) is 0.0720. The van der Waals surface area contributed by atoms with E-state index in [0.29, 0.717) is 13.0 Å². The van der Waals surface area contributed by atoms with Gasteiger partial charge in [0.05, 0.1) is 12.7 Å². The fraction of sp³-hybridized carbons (Fsp3) is 0.400. The van der Waals surface area contributed by atoms with Crippen LogP contribution in [-0.4, -0.2) is 27.4 Å². The van der Waals surface area contributed by atoms with Crippen LogP contribution in [0.4, 0.5) is 0 Å². The number of carbonyl (C=O) groups excluding carboxylic acids is 1. The number of hydrogen-bond donors (Lipinski definition) is 1. The number of rotatable bonds is 6. The lowest BCUT2D eigenvalue weighted by molar-refractivity contribution is -0.121. The molecule has 0 bridgehead atoms. The fourth-order valence-corrected chi connectivity index (χ4v) is 2.43. The van der Waals surface area contributed by atoms with E-state index in [0.717, 1.165) is 19.4 Å². The summed E-state index contributed by atoms with van der Waals surface area (Å²) in [6.07, 6.45) is 6.13. The molecule has 3 rings (SSSR count). The number of hydrogen-bond acceptors (Lipinski definition) is 3. The maximum absolute atomic E-state index is 11.9. The molecule has 0 unspecified atom stereocenters. The zero-order valence-corrected chi connectivity index (χ0v) is 11.3. The Morgan fingerprint density at radius 2 is 2.10 bits per heavy atom. The van der Waals surface area contributed by atoms with Crippen LogP contribution in [0, 0.1) is 0 Å². The molecular weight excluding hydrogens is 252 g/mol. The minimum absolute atomic E-state index is 0.0720. The van der Waals surface area contributed by atoms with Crippen molar-refractivity contribution in [1.29, 1.82) is 0 Å². The number of carbonyl (C=O) groups is 1. The SMILES string of the molecule is O=C(CCn1ccnn1)NCC1(c2ccccc2)CC1. The summed E-state index contributed by atoms with van der Waals surface area (Å²) >= 11 is 0. The molecule has 1 aliphatic carbocycles. The van der Waals surface area contributed by atoms with Gasteiger partial charge in [0.2, 0.25) is 5.91 Å². The lowest BCUT2D eigenvalue weighted by Gasteiger charge is -2.16. The summed E-state index contributed by atoms with van der Waals surface area (Å²) in [6.45, 7) is 1.30. The normalized spacial score (nSPS) is 15.8. The minimum Gasteiger partial charge on any atom is -0.355 e. The third-order valence-electron chi connectivity index (χ3n) is 3.90. The van der Waals surface area contributed by atoms with Crippen LogP contribution < -0.4 is 5.32 Å². The Morgan fingerprint density at radius 3 is 2.75 bits per heavy atom. The molecule has 0 radical (unpaired) electrons. The van der Waals surface area contributed by atoms with Gasteiger partial charge in [-0.1, -0.05) is 35.5 Å². The summed E-state index contributed by atoms with van der Waals surface area (Å²) in [5.41, 5.74) is 1.50. The number of aromatic nitrogens is 3. The second kappa shape index (κ2) is 5.45. The monoisotopic (exact) mass is 270 g/mol. The van der Waals surface area contributed by atoms with Crippen molar-refractivity contribution in [2.75, 3.05) is 6.54 Å². The van der Waals surface area contributed by atoms with Crippen molar-refractivity contribution < 1.29 is 4.79 Å². The molecule has 20 heavy (non-hydrogen) atoms. The van der Waals surface area contributed by atoms with E-state index in [1.165, 1.54) is 5.56 Å². The third-order valence-corrected chi connectivity index (χ3v) is 3.90. The van der Waals surface area contributed by atoms with Crippen LogP contribution >= 0.6 is 0 Å². The molecule has 0 aliphatic heterocycles. The molecule has 104 valence electrons. The van der Waals surface area contributed by atoms with E-state index in [4.69, 9.17) is 0 Å². The molecule has 1 N–H and O–H groups in total. The molecule has 0 atom stereocenters. The molecule has 2 aromatic rings. The van der Waals surface area contributed by atoms with E-state index in [9.17, 15) is 4.79 Å². The van der Waals surface area contributed by atoms with E-state index < -0.39 is 0 Å². The van der Waals surface area contributed by atoms with Crippen LogP contribution in [0.5, 0.6) is 0 Å². The van der Waals surface area contributed by atoms with E-state index in [1.807, 2.05) is 6.07 Å².